The molecular weight excluding hydrogens is 655 g/mol. The van der Waals surface area contributed by atoms with E-state index < -0.39 is 27.9 Å². The van der Waals surface area contributed by atoms with Crippen molar-refractivity contribution in [2.24, 2.45) is 0 Å². The average molecular weight is 696 g/mol. The summed E-state index contributed by atoms with van der Waals surface area (Å²) in [4.78, 5) is 26.9. The minimum atomic E-state index is -3.50. The Kier molecular flexibility index (Phi) is 11.3. The van der Waals surface area contributed by atoms with Gasteiger partial charge in [-0.25, -0.2) is 17.7 Å². The maximum absolute atomic E-state index is 14.2. The van der Waals surface area contributed by atoms with Gasteiger partial charge >= 0.3 is 6.09 Å². The lowest BCUT2D eigenvalue weighted by Crippen LogP contribution is -2.47. The third-order valence-electron chi connectivity index (χ3n) is 9.21. The lowest BCUT2D eigenvalue weighted by molar-refractivity contribution is -0.120. The number of ketones is 1. The van der Waals surface area contributed by atoms with E-state index in [1.807, 2.05) is 84.9 Å². The summed E-state index contributed by atoms with van der Waals surface area (Å²) in [5.41, 5.74) is 4.48. The Morgan fingerprint density at radius 1 is 0.940 bits per heavy atom. The second-order valence-corrected chi connectivity index (χ2v) is 14.6. The number of alkyl carbamates (subject to hydrolysis) is 1. The summed E-state index contributed by atoms with van der Waals surface area (Å²) in [5.74, 6) is -0.560. The number of hydrogen-bond acceptors (Lipinski definition) is 9. The van der Waals surface area contributed by atoms with Crippen LogP contribution in [0.3, 0.4) is 0 Å². The van der Waals surface area contributed by atoms with Crippen LogP contribution in [-0.2, 0) is 36.9 Å². The van der Waals surface area contributed by atoms with Gasteiger partial charge in [0.05, 0.1) is 42.2 Å². The maximum atomic E-state index is 14.2. The van der Waals surface area contributed by atoms with E-state index in [0.29, 0.717) is 26.0 Å². The van der Waals surface area contributed by atoms with Crippen LogP contribution in [0.25, 0.3) is 5.52 Å². The normalized spacial score (nSPS) is 17.0. The van der Waals surface area contributed by atoms with Crippen molar-refractivity contribution in [3.05, 3.63) is 132 Å². The van der Waals surface area contributed by atoms with E-state index in [1.54, 1.807) is 18.3 Å². The van der Waals surface area contributed by atoms with E-state index in [0.717, 1.165) is 34.2 Å². The fourth-order valence-electron chi connectivity index (χ4n) is 6.46. The molecule has 0 spiro atoms. The number of carbonyl (C=O) groups excluding carboxylic acids is 2. The van der Waals surface area contributed by atoms with Crippen molar-refractivity contribution in [3.8, 4) is 0 Å². The van der Waals surface area contributed by atoms with Gasteiger partial charge < -0.3 is 20.1 Å². The van der Waals surface area contributed by atoms with E-state index in [2.05, 4.69) is 20.9 Å². The van der Waals surface area contributed by atoms with Crippen molar-refractivity contribution in [2.45, 2.75) is 54.7 Å². The van der Waals surface area contributed by atoms with Gasteiger partial charge in [0, 0.05) is 31.1 Å². The van der Waals surface area contributed by atoms with Crippen LogP contribution in [0.2, 0.25) is 0 Å². The molecule has 2 aromatic heterocycles. The number of hydrogen-bond donors (Lipinski definition) is 2. The van der Waals surface area contributed by atoms with Crippen LogP contribution in [0.1, 0.15) is 41.0 Å². The molecule has 0 radical (unpaired) electrons. The second kappa shape index (κ2) is 16.2. The van der Waals surface area contributed by atoms with E-state index >= 15 is 0 Å². The number of ether oxygens (including phenoxy) is 2. The number of methoxy groups -OCH3 is 1. The molecule has 1 saturated heterocycles. The first-order chi connectivity index (χ1) is 24.3. The van der Waals surface area contributed by atoms with Gasteiger partial charge in [-0.2, -0.15) is 0 Å². The van der Waals surface area contributed by atoms with Gasteiger partial charge in [0.15, 0.2) is 15.6 Å². The second-order valence-electron chi connectivity index (χ2n) is 12.5. The van der Waals surface area contributed by atoms with Crippen LogP contribution in [0, 0.1) is 0 Å². The summed E-state index contributed by atoms with van der Waals surface area (Å²) in [7, 11) is -2.21. The standard InChI is InChI=1S/C38H41N5O6S/c1-48-38(45)41-37(36(28-11-4-2-5-12-28)29-13-6-3-7-14-29)35(44)22-30-15-9-8-10-27(30)16-18-33-24-39-31(26-49-33)20-21-50(46,47)34-19-17-32-23-40-42-43(32)25-34/h2-15,17,19,23,25,31,33,36-37,39H,16,18,20-22,24,26H2,1H3,(H,41,45)/t31-,33-,37-/m1/s1. The van der Waals surface area contributed by atoms with Gasteiger partial charge in [0.25, 0.3) is 0 Å². The largest absolute Gasteiger partial charge is 0.453 e. The lowest BCUT2D eigenvalue weighted by Gasteiger charge is -2.30. The molecule has 0 saturated carbocycles. The number of carbonyl (C=O) groups is 2. The molecule has 260 valence electrons. The smallest absolute Gasteiger partial charge is 0.407 e. The van der Waals surface area contributed by atoms with Crippen LogP contribution >= 0.6 is 0 Å². The molecule has 0 bridgehead atoms. The van der Waals surface area contributed by atoms with Crippen molar-refractivity contribution in [2.75, 3.05) is 26.0 Å². The van der Waals surface area contributed by atoms with Crippen molar-refractivity contribution in [1.29, 1.82) is 0 Å². The topological polar surface area (TPSA) is 141 Å². The fraction of sp³-hybridized carbons (Fsp3) is 0.316. The average Bonchev–Trinajstić information content (AvgIpc) is 3.63. The van der Waals surface area contributed by atoms with Crippen molar-refractivity contribution < 1.29 is 27.5 Å². The highest BCUT2D eigenvalue weighted by Gasteiger charge is 2.33. The first-order valence-electron chi connectivity index (χ1n) is 16.7. The third-order valence-corrected chi connectivity index (χ3v) is 10.9. The molecule has 3 atom stereocenters. The highest BCUT2D eigenvalue weighted by molar-refractivity contribution is 7.91. The zero-order valence-corrected chi connectivity index (χ0v) is 28.7. The minimum Gasteiger partial charge on any atom is -0.453 e. The molecule has 3 aromatic carbocycles. The number of rotatable bonds is 14. The molecule has 1 fully saturated rings. The number of aromatic nitrogens is 3. The number of amides is 1. The minimum absolute atomic E-state index is 0.0124. The van der Waals surface area contributed by atoms with Gasteiger partial charge in [-0.3, -0.25) is 4.79 Å². The predicted molar refractivity (Wildman–Crippen MR) is 189 cm³/mol. The number of nitrogens with zero attached hydrogens (tertiary/aromatic N) is 3. The number of Topliss-reactive ketones (excluding diaryl/α,β-unsaturated/α-hetero) is 1. The molecule has 1 aliphatic heterocycles. The number of nitrogens with one attached hydrogen (secondary N) is 2. The van der Waals surface area contributed by atoms with Gasteiger partial charge in [0.1, 0.15) is 6.04 Å². The molecule has 5 aromatic rings. The Bertz CT molecular complexity index is 1960. The summed E-state index contributed by atoms with van der Waals surface area (Å²) in [5, 5.41) is 14.0. The molecule has 6 rings (SSSR count). The molecule has 1 aliphatic rings. The van der Waals surface area contributed by atoms with Gasteiger partial charge in [-0.1, -0.05) is 90.1 Å². The Balaban J connectivity index is 1.07. The number of sulfone groups is 1. The highest BCUT2D eigenvalue weighted by Crippen LogP contribution is 2.30. The van der Waals surface area contributed by atoms with E-state index in [1.165, 1.54) is 17.8 Å². The molecule has 0 unspecified atom stereocenters. The number of fused-ring (bicyclic) bond motifs is 1. The van der Waals surface area contributed by atoms with E-state index in [9.17, 15) is 18.0 Å². The number of aryl methyl sites for hydroxylation is 1. The molecule has 12 heteroatoms. The van der Waals surface area contributed by atoms with Gasteiger partial charge in [0.2, 0.25) is 0 Å². The van der Waals surface area contributed by atoms with Crippen LogP contribution in [0.15, 0.2) is 114 Å². The Morgan fingerprint density at radius 2 is 1.62 bits per heavy atom. The number of benzene rings is 3. The maximum Gasteiger partial charge on any atom is 0.407 e. The third kappa shape index (κ3) is 8.62. The monoisotopic (exact) mass is 695 g/mol. The fourth-order valence-corrected chi connectivity index (χ4v) is 7.83. The van der Waals surface area contributed by atoms with Crippen LogP contribution < -0.4 is 10.6 Å². The zero-order chi connectivity index (χ0) is 34.9. The Morgan fingerprint density at radius 3 is 2.28 bits per heavy atom. The molecule has 11 nitrogen and oxygen atoms in total. The van der Waals surface area contributed by atoms with Crippen LogP contribution in [0.5, 0.6) is 0 Å². The van der Waals surface area contributed by atoms with Crippen molar-refractivity contribution >= 4 is 27.2 Å². The molecular formula is C38H41N5O6S. The summed E-state index contributed by atoms with van der Waals surface area (Å²) in [6.07, 6.45) is 4.30. The predicted octanol–water partition coefficient (Wildman–Crippen LogP) is 4.55. The molecule has 0 aliphatic carbocycles. The Hall–Kier alpha value is -4.91. The molecule has 3 heterocycles. The summed E-state index contributed by atoms with van der Waals surface area (Å²) >= 11 is 0. The summed E-state index contributed by atoms with van der Waals surface area (Å²) < 4.78 is 38.5. The van der Waals surface area contributed by atoms with Crippen molar-refractivity contribution in [3.63, 3.8) is 0 Å². The molecule has 50 heavy (non-hydrogen) atoms. The van der Waals surface area contributed by atoms with Crippen LogP contribution in [0.4, 0.5) is 4.79 Å². The Labute approximate surface area is 291 Å². The summed E-state index contributed by atoms with van der Waals surface area (Å²) in [6, 6.07) is 29.6. The first-order valence-corrected chi connectivity index (χ1v) is 18.4. The number of morpholine rings is 1. The van der Waals surface area contributed by atoms with Gasteiger partial charge in [-0.15, -0.1) is 5.10 Å². The SMILES string of the molecule is COC(=O)N[C@H](C(=O)Cc1ccccc1CC[C@@H]1CN[C@H](CCS(=O)(=O)c2ccc3cnnn3c2)CO1)C(c1ccccc1)c1ccccc1. The lowest BCUT2D eigenvalue weighted by atomic mass is 9.81. The summed E-state index contributed by atoms with van der Waals surface area (Å²) in [6.45, 7) is 1.00. The van der Waals surface area contributed by atoms with E-state index in [4.69, 9.17) is 9.47 Å². The molecule has 1 amide bonds. The van der Waals surface area contributed by atoms with Crippen LogP contribution in [-0.4, -0.2) is 79.3 Å². The van der Waals surface area contributed by atoms with Gasteiger partial charge in [-0.05, 0) is 53.6 Å². The molecule has 2 N–H and O–H groups in total. The quantitative estimate of drug-likeness (QED) is 0.171. The van der Waals surface area contributed by atoms with Crippen molar-refractivity contribution in [1.82, 2.24) is 25.5 Å². The van der Waals surface area contributed by atoms with E-state index in [-0.39, 0.29) is 35.0 Å². The number of pyridine rings is 1. The highest BCUT2D eigenvalue weighted by atomic mass is 32.2. The zero-order valence-electron chi connectivity index (χ0n) is 27.9. The first kappa shape index (κ1) is 34.9.